The molecule has 1 aliphatic rings. The lowest BCUT2D eigenvalue weighted by Gasteiger charge is -2.32. The zero-order valence-electron chi connectivity index (χ0n) is 16.4. The van der Waals surface area contributed by atoms with Gasteiger partial charge in [-0.3, -0.25) is 9.59 Å². The number of carbonyl (C=O) groups is 3. The van der Waals surface area contributed by atoms with Crippen LogP contribution in [0, 0.1) is 11.7 Å². The number of esters is 1. The van der Waals surface area contributed by atoms with Crippen LogP contribution in [0.15, 0.2) is 53.0 Å². The summed E-state index contributed by atoms with van der Waals surface area (Å²) in [6, 6.07) is 11.4. The number of nitrogens with one attached hydrogen (secondary N) is 1. The molecule has 8 heteroatoms. The Kier molecular flexibility index (Phi) is 7.20. The number of amides is 2. The maximum absolute atomic E-state index is 13.1. The van der Waals surface area contributed by atoms with Gasteiger partial charge in [-0.15, -0.1) is 0 Å². The molecule has 0 saturated carbocycles. The highest BCUT2D eigenvalue weighted by Gasteiger charge is 2.32. The van der Waals surface area contributed by atoms with Gasteiger partial charge in [0.05, 0.1) is 13.0 Å². The van der Waals surface area contributed by atoms with E-state index in [0.29, 0.717) is 30.5 Å². The highest BCUT2D eigenvalue weighted by molar-refractivity contribution is 9.10. The molecule has 1 N–H and O–H groups in total. The summed E-state index contributed by atoms with van der Waals surface area (Å²) in [4.78, 5) is 39.5. The Balaban J connectivity index is 1.70. The largest absolute Gasteiger partial charge is 0.467 e. The molecular formula is C22H22BrFN2O4. The molecule has 2 atom stereocenters. The summed E-state index contributed by atoms with van der Waals surface area (Å²) in [5, 5.41) is 2.76. The highest BCUT2D eigenvalue weighted by atomic mass is 79.9. The van der Waals surface area contributed by atoms with E-state index in [1.165, 1.54) is 31.4 Å². The van der Waals surface area contributed by atoms with Gasteiger partial charge in [0.25, 0.3) is 5.91 Å². The zero-order valence-corrected chi connectivity index (χ0v) is 18.0. The van der Waals surface area contributed by atoms with E-state index in [2.05, 4.69) is 21.2 Å². The monoisotopic (exact) mass is 476 g/mol. The Morgan fingerprint density at radius 3 is 2.43 bits per heavy atom. The van der Waals surface area contributed by atoms with E-state index in [-0.39, 0.29) is 18.4 Å². The fourth-order valence-corrected chi connectivity index (χ4v) is 3.73. The van der Waals surface area contributed by atoms with Crippen LogP contribution in [0.3, 0.4) is 0 Å². The van der Waals surface area contributed by atoms with E-state index in [1.807, 2.05) is 0 Å². The van der Waals surface area contributed by atoms with Gasteiger partial charge in [-0.2, -0.15) is 0 Å². The molecule has 0 spiro atoms. The van der Waals surface area contributed by atoms with Crippen LogP contribution in [-0.2, 0) is 14.3 Å². The molecule has 1 fully saturated rings. The smallest absolute Gasteiger partial charge is 0.333 e. The first-order valence-electron chi connectivity index (χ1n) is 9.57. The SMILES string of the molecule is COC(=O)C(NC(=O)C1CCCN(C(=O)c2ccc(F)cc2)C1)c1ccc(Br)cc1. The number of hydrogen-bond acceptors (Lipinski definition) is 4. The molecule has 6 nitrogen and oxygen atoms in total. The van der Waals surface area contributed by atoms with Crippen molar-refractivity contribution >= 4 is 33.7 Å². The van der Waals surface area contributed by atoms with Crippen molar-refractivity contribution in [2.24, 2.45) is 5.92 Å². The number of methoxy groups -OCH3 is 1. The Morgan fingerprint density at radius 2 is 1.80 bits per heavy atom. The van der Waals surface area contributed by atoms with Crippen molar-refractivity contribution in [2.45, 2.75) is 18.9 Å². The summed E-state index contributed by atoms with van der Waals surface area (Å²) in [5.41, 5.74) is 0.980. The number of ether oxygens (including phenoxy) is 1. The minimum atomic E-state index is -0.932. The number of likely N-dealkylation sites (tertiary alicyclic amines) is 1. The van der Waals surface area contributed by atoms with Crippen molar-refractivity contribution in [1.29, 1.82) is 0 Å². The minimum Gasteiger partial charge on any atom is -0.467 e. The van der Waals surface area contributed by atoms with Crippen LogP contribution >= 0.6 is 15.9 Å². The summed E-state index contributed by atoms with van der Waals surface area (Å²) in [7, 11) is 1.27. The van der Waals surface area contributed by atoms with Crippen LogP contribution in [0.2, 0.25) is 0 Å². The van der Waals surface area contributed by atoms with Crippen LogP contribution in [0.25, 0.3) is 0 Å². The number of benzene rings is 2. The van der Waals surface area contributed by atoms with E-state index in [0.717, 1.165) is 4.47 Å². The maximum Gasteiger partial charge on any atom is 0.333 e. The molecule has 158 valence electrons. The molecule has 0 aliphatic carbocycles. The van der Waals surface area contributed by atoms with Crippen molar-refractivity contribution in [3.63, 3.8) is 0 Å². The van der Waals surface area contributed by atoms with E-state index in [1.54, 1.807) is 29.2 Å². The molecule has 0 aromatic heterocycles. The normalized spacial score (nSPS) is 17.2. The van der Waals surface area contributed by atoms with Gasteiger partial charge < -0.3 is 15.0 Å². The molecule has 30 heavy (non-hydrogen) atoms. The van der Waals surface area contributed by atoms with Crippen LogP contribution in [0.1, 0.15) is 34.8 Å². The number of rotatable bonds is 5. The molecule has 2 unspecified atom stereocenters. The standard InChI is InChI=1S/C22H22BrFN2O4/c1-30-22(29)19(14-4-8-17(23)9-5-14)25-20(27)16-3-2-12-26(13-16)21(28)15-6-10-18(24)11-7-15/h4-11,16,19H,2-3,12-13H2,1H3,(H,25,27). The Bertz CT molecular complexity index is 918. The molecular weight excluding hydrogens is 455 g/mol. The first-order valence-corrected chi connectivity index (χ1v) is 10.4. The lowest BCUT2D eigenvalue weighted by Crippen LogP contribution is -2.47. The van der Waals surface area contributed by atoms with E-state index in [4.69, 9.17) is 4.74 Å². The lowest BCUT2D eigenvalue weighted by molar-refractivity contribution is -0.146. The van der Waals surface area contributed by atoms with Crippen molar-refractivity contribution in [1.82, 2.24) is 10.2 Å². The zero-order chi connectivity index (χ0) is 21.7. The fraction of sp³-hybridized carbons (Fsp3) is 0.318. The Labute approximate surface area is 182 Å². The molecule has 0 radical (unpaired) electrons. The molecule has 2 amide bonds. The second-order valence-corrected chi connectivity index (χ2v) is 8.03. The average Bonchev–Trinajstić information content (AvgIpc) is 2.77. The summed E-state index contributed by atoms with van der Waals surface area (Å²) in [5.74, 6) is -1.99. The summed E-state index contributed by atoms with van der Waals surface area (Å²) < 4.78 is 18.8. The first-order chi connectivity index (χ1) is 14.4. The third-order valence-corrected chi connectivity index (χ3v) is 5.63. The summed E-state index contributed by atoms with van der Waals surface area (Å²) >= 11 is 3.34. The highest BCUT2D eigenvalue weighted by Crippen LogP contribution is 2.22. The number of piperidine rings is 1. The van der Waals surface area contributed by atoms with E-state index < -0.39 is 23.7 Å². The van der Waals surface area contributed by atoms with Gasteiger partial charge in [0.15, 0.2) is 6.04 Å². The Hall–Kier alpha value is -2.74. The predicted octanol–water partition coefficient (Wildman–Crippen LogP) is 3.47. The van der Waals surface area contributed by atoms with Crippen LogP contribution in [0.4, 0.5) is 4.39 Å². The Morgan fingerprint density at radius 1 is 1.13 bits per heavy atom. The van der Waals surface area contributed by atoms with Crippen LogP contribution in [-0.4, -0.2) is 42.9 Å². The summed E-state index contributed by atoms with van der Waals surface area (Å²) in [6.07, 6.45) is 1.26. The number of hydrogen-bond donors (Lipinski definition) is 1. The number of nitrogens with zero attached hydrogens (tertiary/aromatic N) is 1. The molecule has 3 rings (SSSR count). The maximum atomic E-state index is 13.1. The van der Waals surface area contributed by atoms with Crippen LogP contribution in [0.5, 0.6) is 0 Å². The minimum absolute atomic E-state index is 0.232. The molecule has 2 aromatic carbocycles. The van der Waals surface area contributed by atoms with Gasteiger partial charge >= 0.3 is 5.97 Å². The van der Waals surface area contributed by atoms with Crippen molar-refractivity contribution in [3.05, 3.63) is 69.9 Å². The number of carbonyl (C=O) groups excluding carboxylic acids is 3. The second-order valence-electron chi connectivity index (χ2n) is 7.11. The van der Waals surface area contributed by atoms with E-state index in [9.17, 15) is 18.8 Å². The summed E-state index contributed by atoms with van der Waals surface area (Å²) in [6.45, 7) is 0.753. The molecule has 1 saturated heterocycles. The quantitative estimate of drug-likeness (QED) is 0.670. The fourth-order valence-electron chi connectivity index (χ4n) is 3.46. The predicted molar refractivity (Wildman–Crippen MR) is 112 cm³/mol. The van der Waals surface area contributed by atoms with Gasteiger partial charge in [-0.1, -0.05) is 28.1 Å². The van der Waals surface area contributed by atoms with Gasteiger partial charge in [0.2, 0.25) is 5.91 Å². The first kappa shape index (κ1) is 22.0. The van der Waals surface area contributed by atoms with Crippen molar-refractivity contribution in [3.8, 4) is 0 Å². The molecule has 1 aliphatic heterocycles. The van der Waals surface area contributed by atoms with Gasteiger partial charge in [0, 0.05) is 23.1 Å². The lowest BCUT2D eigenvalue weighted by atomic mass is 9.95. The third kappa shape index (κ3) is 5.24. The number of halogens is 2. The van der Waals surface area contributed by atoms with Crippen molar-refractivity contribution in [2.75, 3.05) is 20.2 Å². The second kappa shape index (κ2) is 9.84. The van der Waals surface area contributed by atoms with Gasteiger partial charge in [-0.25, -0.2) is 9.18 Å². The molecule has 0 bridgehead atoms. The van der Waals surface area contributed by atoms with Crippen LogP contribution < -0.4 is 5.32 Å². The molecule has 1 heterocycles. The third-order valence-electron chi connectivity index (χ3n) is 5.10. The average molecular weight is 477 g/mol. The topological polar surface area (TPSA) is 75.7 Å². The van der Waals surface area contributed by atoms with Gasteiger partial charge in [-0.05, 0) is 54.8 Å². The van der Waals surface area contributed by atoms with Gasteiger partial charge in [0.1, 0.15) is 5.82 Å². The van der Waals surface area contributed by atoms with Crippen molar-refractivity contribution < 1.29 is 23.5 Å². The molecule has 2 aromatic rings. The van der Waals surface area contributed by atoms with E-state index >= 15 is 0 Å².